The average Bonchev–Trinajstić information content (AvgIpc) is 2.25. The number of nitrogens with one attached hydrogen (secondary N) is 1. The van der Waals surface area contributed by atoms with Gasteiger partial charge in [-0.25, -0.2) is 0 Å². The van der Waals surface area contributed by atoms with Crippen molar-refractivity contribution in [2.24, 2.45) is 17.3 Å². The van der Waals surface area contributed by atoms with Crippen molar-refractivity contribution in [2.45, 2.75) is 60.4 Å². The third-order valence-electron chi connectivity index (χ3n) is 4.40. The van der Waals surface area contributed by atoms with Gasteiger partial charge >= 0.3 is 0 Å². The standard InChI is InChI=1S/C16H34N2/c1-13(2)12-18-9-7-15(8-10-18)17-11-14(3)16(4,5)6/h13-15,17H,7-12H2,1-6H3. The molecule has 0 amide bonds. The predicted molar refractivity (Wildman–Crippen MR) is 80.9 cm³/mol. The van der Waals surface area contributed by atoms with E-state index in [1.807, 2.05) is 0 Å². The molecule has 18 heavy (non-hydrogen) atoms. The summed E-state index contributed by atoms with van der Waals surface area (Å²) in [5.41, 5.74) is 0.422. The van der Waals surface area contributed by atoms with Crippen LogP contribution in [0, 0.1) is 17.3 Å². The number of hydrogen-bond acceptors (Lipinski definition) is 2. The molecular weight excluding hydrogens is 220 g/mol. The van der Waals surface area contributed by atoms with Crippen LogP contribution in [0.1, 0.15) is 54.4 Å². The Morgan fingerprint density at radius 2 is 1.67 bits per heavy atom. The number of rotatable bonds is 5. The normalized spacial score (nSPS) is 21.5. The fourth-order valence-electron chi connectivity index (χ4n) is 2.49. The Labute approximate surface area is 115 Å². The van der Waals surface area contributed by atoms with Gasteiger partial charge in [-0.1, -0.05) is 41.5 Å². The van der Waals surface area contributed by atoms with E-state index in [2.05, 4.69) is 51.8 Å². The van der Waals surface area contributed by atoms with E-state index in [1.54, 1.807) is 0 Å². The van der Waals surface area contributed by atoms with E-state index in [9.17, 15) is 0 Å². The van der Waals surface area contributed by atoms with E-state index in [0.717, 1.165) is 17.9 Å². The van der Waals surface area contributed by atoms with Gasteiger partial charge in [0, 0.05) is 12.6 Å². The van der Waals surface area contributed by atoms with Crippen LogP contribution in [0.25, 0.3) is 0 Å². The average molecular weight is 254 g/mol. The Bertz CT molecular complexity index is 222. The molecule has 1 fully saturated rings. The summed E-state index contributed by atoms with van der Waals surface area (Å²) in [5.74, 6) is 1.54. The second kappa shape index (κ2) is 6.91. The van der Waals surface area contributed by atoms with Gasteiger partial charge < -0.3 is 10.2 Å². The molecule has 2 nitrogen and oxygen atoms in total. The molecule has 0 bridgehead atoms. The van der Waals surface area contributed by atoms with Gasteiger partial charge in [0.25, 0.3) is 0 Å². The van der Waals surface area contributed by atoms with E-state index in [-0.39, 0.29) is 0 Å². The zero-order valence-corrected chi connectivity index (χ0v) is 13.4. The molecule has 0 spiro atoms. The van der Waals surface area contributed by atoms with E-state index >= 15 is 0 Å². The van der Waals surface area contributed by atoms with Gasteiger partial charge in [0.2, 0.25) is 0 Å². The Morgan fingerprint density at radius 3 is 2.11 bits per heavy atom. The fraction of sp³-hybridized carbons (Fsp3) is 1.00. The van der Waals surface area contributed by atoms with Gasteiger partial charge in [-0.3, -0.25) is 0 Å². The number of hydrogen-bond donors (Lipinski definition) is 1. The quantitative estimate of drug-likeness (QED) is 0.809. The highest BCUT2D eigenvalue weighted by Gasteiger charge is 2.23. The summed E-state index contributed by atoms with van der Waals surface area (Å²) in [6.07, 6.45) is 2.65. The van der Waals surface area contributed by atoms with Crippen molar-refractivity contribution in [1.82, 2.24) is 10.2 Å². The molecule has 0 aromatic heterocycles. The highest BCUT2D eigenvalue weighted by atomic mass is 15.1. The van der Waals surface area contributed by atoms with E-state index in [1.165, 1.54) is 39.0 Å². The Hall–Kier alpha value is -0.0800. The van der Waals surface area contributed by atoms with Gasteiger partial charge in [0.05, 0.1) is 0 Å². The molecule has 0 aliphatic carbocycles. The Kier molecular flexibility index (Phi) is 6.13. The van der Waals surface area contributed by atoms with Gasteiger partial charge in [-0.05, 0) is 49.7 Å². The van der Waals surface area contributed by atoms with Crippen LogP contribution in [0.5, 0.6) is 0 Å². The molecule has 1 unspecified atom stereocenters. The van der Waals surface area contributed by atoms with Gasteiger partial charge in [0.1, 0.15) is 0 Å². The summed E-state index contributed by atoms with van der Waals surface area (Å²) in [6.45, 7) is 19.0. The first kappa shape index (κ1) is 16.0. The van der Waals surface area contributed by atoms with Crippen molar-refractivity contribution < 1.29 is 0 Å². The van der Waals surface area contributed by atoms with Gasteiger partial charge in [0.15, 0.2) is 0 Å². The first-order valence-corrected chi connectivity index (χ1v) is 7.74. The highest BCUT2D eigenvalue weighted by molar-refractivity contribution is 4.80. The maximum Gasteiger partial charge on any atom is 0.00915 e. The molecule has 0 radical (unpaired) electrons. The second-order valence-electron chi connectivity index (χ2n) is 7.64. The number of nitrogens with zero attached hydrogens (tertiary/aromatic N) is 1. The molecule has 0 saturated carbocycles. The van der Waals surface area contributed by atoms with Gasteiger partial charge in [-0.2, -0.15) is 0 Å². The number of likely N-dealkylation sites (tertiary alicyclic amines) is 1. The predicted octanol–water partition coefficient (Wildman–Crippen LogP) is 3.38. The molecule has 1 aliphatic heterocycles. The van der Waals surface area contributed by atoms with Crippen molar-refractivity contribution in [2.75, 3.05) is 26.2 Å². The monoisotopic (exact) mass is 254 g/mol. The van der Waals surface area contributed by atoms with Crippen LogP contribution in [0.4, 0.5) is 0 Å². The lowest BCUT2D eigenvalue weighted by Crippen LogP contribution is -2.45. The zero-order valence-electron chi connectivity index (χ0n) is 13.4. The Morgan fingerprint density at radius 1 is 1.11 bits per heavy atom. The molecule has 0 aromatic carbocycles. The first-order chi connectivity index (χ1) is 8.29. The molecule has 2 heteroatoms. The van der Waals surface area contributed by atoms with Crippen LogP contribution in [0.3, 0.4) is 0 Å². The molecule has 1 atom stereocenters. The minimum atomic E-state index is 0.422. The summed E-state index contributed by atoms with van der Waals surface area (Å²) in [6, 6.07) is 0.748. The van der Waals surface area contributed by atoms with Crippen LogP contribution < -0.4 is 5.32 Å². The summed E-state index contributed by atoms with van der Waals surface area (Å²) in [7, 11) is 0. The maximum absolute atomic E-state index is 3.78. The van der Waals surface area contributed by atoms with Crippen LogP contribution >= 0.6 is 0 Å². The number of piperidine rings is 1. The van der Waals surface area contributed by atoms with E-state index < -0.39 is 0 Å². The van der Waals surface area contributed by atoms with Crippen LogP contribution in [-0.2, 0) is 0 Å². The molecule has 1 rings (SSSR count). The molecule has 108 valence electrons. The topological polar surface area (TPSA) is 15.3 Å². The summed E-state index contributed by atoms with van der Waals surface area (Å²) in [4.78, 5) is 2.62. The van der Waals surface area contributed by atoms with E-state index in [4.69, 9.17) is 0 Å². The minimum Gasteiger partial charge on any atom is -0.314 e. The molecule has 1 aliphatic rings. The van der Waals surface area contributed by atoms with Gasteiger partial charge in [-0.15, -0.1) is 0 Å². The van der Waals surface area contributed by atoms with Crippen molar-refractivity contribution in [3.05, 3.63) is 0 Å². The molecule has 1 heterocycles. The smallest absolute Gasteiger partial charge is 0.00915 e. The van der Waals surface area contributed by atoms with E-state index in [0.29, 0.717) is 5.41 Å². The maximum atomic E-state index is 3.78. The van der Waals surface area contributed by atoms with Crippen molar-refractivity contribution >= 4 is 0 Å². The molecule has 0 aromatic rings. The molecular formula is C16H34N2. The van der Waals surface area contributed by atoms with Crippen molar-refractivity contribution in [1.29, 1.82) is 0 Å². The second-order valence-corrected chi connectivity index (χ2v) is 7.64. The third-order valence-corrected chi connectivity index (χ3v) is 4.40. The highest BCUT2D eigenvalue weighted by Crippen LogP contribution is 2.24. The fourth-order valence-corrected chi connectivity index (χ4v) is 2.49. The SMILES string of the molecule is CC(C)CN1CCC(NCC(C)C(C)(C)C)CC1. The van der Waals surface area contributed by atoms with Crippen LogP contribution in [0.15, 0.2) is 0 Å². The van der Waals surface area contributed by atoms with Crippen molar-refractivity contribution in [3.8, 4) is 0 Å². The summed E-state index contributed by atoms with van der Waals surface area (Å²) >= 11 is 0. The first-order valence-electron chi connectivity index (χ1n) is 7.74. The molecule has 1 N–H and O–H groups in total. The summed E-state index contributed by atoms with van der Waals surface area (Å²) in [5, 5.41) is 3.78. The Balaban J connectivity index is 2.20. The lowest BCUT2D eigenvalue weighted by molar-refractivity contribution is 0.169. The van der Waals surface area contributed by atoms with Crippen molar-refractivity contribution in [3.63, 3.8) is 0 Å². The lowest BCUT2D eigenvalue weighted by Gasteiger charge is -2.35. The third kappa shape index (κ3) is 5.71. The molecule has 1 saturated heterocycles. The lowest BCUT2D eigenvalue weighted by atomic mass is 9.82. The summed E-state index contributed by atoms with van der Waals surface area (Å²) < 4.78 is 0. The largest absolute Gasteiger partial charge is 0.314 e. The van der Waals surface area contributed by atoms with Crippen LogP contribution in [0.2, 0.25) is 0 Å². The minimum absolute atomic E-state index is 0.422. The van der Waals surface area contributed by atoms with Crippen LogP contribution in [-0.4, -0.2) is 37.1 Å². The zero-order chi connectivity index (χ0) is 13.8.